The van der Waals surface area contributed by atoms with Crippen molar-refractivity contribution < 1.29 is 14.5 Å². The highest BCUT2D eigenvalue weighted by atomic mass is 16.6. The Morgan fingerprint density at radius 3 is 2.24 bits per heavy atom. The number of rotatable bonds is 5. The predicted molar refractivity (Wildman–Crippen MR) is 95.7 cm³/mol. The van der Waals surface area contributed by atoms with Gasteiger partial charge < -0.3 is 10.6 Å². The van der Waals surface area contributed by atoms with Crippen molar-refractivity contribution in [1.82, 2.24) is 0 Å². The van der Waals surface area contributed by atoms with Gasteiger partial charge in [0.05, 0.1) is 4.92 Å². The number of nitro groups is 1. The molecule has 0 spiro atoms. The average molecular weight is 341 g/mol. The van der Waals surface area contributed by atoms with E-state index in [1.807, 2.05) is 0 Å². The van der Waals surface area contributed by atoms with E-state index in [0.29, 0.717) is 16.9 Å². The minimum Gasteiger partial charge on any atom is -0.326 e. The molecule has 2 aromatic carbocycles. The Hall–Kier alpha value is -3.22. The largest absolute Gasteiger partial charge is 0.326 e. The molecule has 0 saturated carbocycles. The first-order valence-electron chi connectivity index (χ1n) is 7.76. The molecule has 0 aliphatic carbocycles. The molecule has 2 rings (SSSR count). The molecule has 7 heteroatoms. The lowest BCUT2D eigenvalue weighted by molar-refractivity contribution is -0.385. The van der Waals surface area contributed by atoms with Gasteiger partial charge in [-0.2, -0.15) is 0 Å². The molecule has 2 amide bonds. The quantitative estimate of drug-likeness (QED) is 0.638. The normalized spacial score (nSPS) is 10.4. The SMILES string of the molecule is Cc1c(C(=O)Nc2cccc(NC(=O)C(C)C)c2)cccc1[N+](=O)[O-]. The van der Waals surface area contributed by atoms with Crippen molar-refractivity contribution in [3.8, 4) is 0 Å². The van der Waals surface area contributed by atoms with Crippen molar-refractivity contribution in [2.45, 2.75) is 20.8 Å². The van der Waals surface area contributed by atoms with Crippen LogP contribution in [0.4, 0.5) is 17.1 Å². The third-order valence-electron chi connectivity index (χ3n) is 3.66. The third-order valence-corrected chi connectivity index (χ3v) is 3.66. The summed E-state index contributed by atoms with van der Waals surface area (Å²) in [5.74, 6) is -0.739. The lowest BCUT2D eigenvalue weighted by atomic mass is 10.1. The van der Waals surface area contributed by atoms with Gasteiger partial charge in [-0.25, -0.2) is 0 Å². The number of amides is 2. The van der Waals surface area contributed by atoms with Crippen LogP contribution < -0.4 is 10.6 Å². The van der Waals surface area contributed by atoms with Crippen molar-refractivity contribution in [3.63, 3.8) is 0 Å². The summed E-state index contributed by atoms with van der Waals surface area (Å²) >= 11 is 0. The maximum atomic E-state index is 12.4. The molecule has 0 radical (unpaired) electrons. The topological polar surface area (TPSA) is 101 Å². The van der Waals surface area contributed by atoms with Gasteiger partial charge in [-0.3, -0.25) is 19.7 Å². The van der Waals surface area contributed by atoms with Crippen LogP contribution in [0.15, 0.2) is 42.5 Å². The van der Waals surface area contributed by atoms with Gasteiger partial charge in [-0.15, -0.1) is 0 Å². The summed E-state index contributed by atoms with van der Waals surface area (Å²) in [4.78, 5) is 34.7. The van der Waals surface area contributed by atoms with Crippen LogP contribution in [-0.2, 0) is 4.79 Å². The smallest absolute Gasteiger partial charge is 0.273 e. The minimum absolute atomic E-state index is 0.106. The number of hydrogen-bond donors (Lipinski definition) is 2. The molecule has 0 aliphatic rings. The maximum Gasteiger partial charge on any atom is 0.273 e. The van der Waals surface area contributed by atoms with Crippen molar-refractivity contribution in [2.24, 2.45) is 5.92 Å². The first kappa shape index (κ1) is 18.1. The van der Waals surface area contributed by atoms with E-state index in [1.54, 1.807) is 38.1 Å². The van der Waals surface area contributed by atoms with E-state index in [-0.39, 0.29) is 23.1 Å². The molecular weight excluding hydrogens is 322 g/mol. The Morgan fingerprint density at radius 1 is 1.04 bits per heavy atom. The van der Waals surface area contributed by atoms with Gasteiger partial charge in [-0.05, 0) is 31.2 Å². The van der Waals surface area contributed by atoms with Crippen LogP contribution in [0.25, 0.3) is 0 Å². The summed E-state index contributed by atoms with van der Waals surface area (Å²) in [6.07, 6.45) is 0. The maximum absolute atomic E-state index is 12.4. The van der Waals surface area contributed by atoms with E-state index in [1.165, 1.54) is 25.1 Å². The molecule has 0 fully saturated rings. The molecule has 0 heterocycles. The monoisotopic (exact) mass is 341 g/mol. The summed E-state index contributed by atoms with van der Waals surface area (Å²) in [5.41, 5.74) is 1.47. The molecule has 7 nitrogen and oxygen atoms in total. The van der Waals surface area contributed by atoms with Crippen LogP contribution in [0.2, 0.25) is 0 Å². The van der Waals surface area contributed by atoms with E-state index >= 15 is 0 Å². The standard InChI is InChI=1S/C18H19N3O4/c1-11(2)17(22)19-13-6-4-7-14(10-13)20-18(23)15-8-5-9-16(12(15)3)21(24)25/h4-11H,1-3H3,(H,19,22)(H,20,23). The summed E-state index contributed by atoms with van der Waals surface area (Å²) in [7, 11) is 0. The van der Waals surface area contributed by atoms with Crippen LogP contribution in [0.5, 0.6) is 0 Å². The zero-order valence-electron chi connectivity index (χ0n) is 14.2. The zero-order valence-corrected chi connectivity index (χ0v) is 14.2. The molecule has 130 valence electrons. The number of carbonyl (C=O) groups is 2. The van der Waals surface area contributed by atoms with Crippen molar-refractivity contribution in [1.29, 1.82) is 0 Å². The van der Waals surface area contributed by atoms with Crippen molar-refractivity contribution in [2.75, 3.05) is 10.6 Å². The Morgan fingerprint density at radius 2 is 1.64 bits per heavy atom. The molecule has 2 aromatic rings. The highest BCUT2D eigenvalue weighted by molar-refractivity contribution is 6.06. The highest BCUT2D eigenvalue weighted by Gasteiger charge is 2.18. The number of carbonyl (C=O) groups excluding carboxylic acids is 2. The third kappa shape index (κ3) is 4.41. The summed E-state index contributed by atoms with van der Waals surface area (Å²) in [5, 5.41) is 16.4. The molecule has 0 saturated heterocycles. The molecular formula is C18H19N3O4. The van der Waals surface area contributed by atoms with Gasteiger partial charge in [-0.1, -0.05) is 26.0 Å². The fourth-order valence-electron chi connectivity index (χ4n) is 2.23. The molecule has 0 bridgehead atoms. The van der Waals surface area contributed by atoms with Crippen LogP contribution in [-0.4, -0.2) is 16.7 Å². The predicted octanol–water partition coefficient (Wildman–Crippen LogP) is 3.75. The van der Waals surface area contributed by atoms with Crippen molar-refractivity contribution >= 4 is 28.9 Å². The number of hydrogen-bond acceptors (Lipinski definition) is 4. The van der Waals surface area contributed by atoms with E-state index in [9.17, 15) is 19.7 Å². The van der Waals surface area contributed by atoms with Crippen molar-refractivity contribution in [3.05, 3.63) is 63.7 Å². The Kier molecular flexibility index (Phi) is 5.49. The molecule has 0 aromatic heterocycles. The number of nitro benzene ring substituents is 1. The van der Waals surface area contributed by atoms with E-state index in [0.717, 1.165) is 0 Å². The molecule has 0 unspecified atom stereocenters. The fraction of sp³-hybridized carbons (Fsp3) is 0.222. The first-order valence-corrected chi connectivity index (χ1v) is 7.76. The number of nitrogens with one attached hydrogen (secondary N) is 2. The zero-order chi connectivity index (χ0) is 18.6. The lowest BCUT2D eigenvalue weighted by Gasteiger charge is -2.11. The van der Waals surface area contributed by atoms with Gasteiger partial charge in [0, 0.05) is 34.5 Å². The number of nitrogens with zero attached hydrogens (tertiary/aromatic N) is 1. The van der Waals surface area contributed by atoms with E-state index < -0.39 is 10.8 Å². The second-order valence-corrected chi connectivity index (χ2v) is 5.89. The van der Waals surface area contributed by atoms with Crippen LogP contribution >= 0.6 is 0 Å². The van der Waals surface area contributed by atoms with Gasteiger partial charge in [0.1, 0.15) is 0 Å². The van der Waals surface area contributed by atoms with Gasteiger partial charge in [0.25, 0.3) is 11.6 Å². The van der Waals surface area contributed by atoms with E-state index in [2.05, 4.69) is 10.6 Å². The van der Waals surface area contributed by atoms with Crippen LogP contribution in [0.1, 0.15) is 29.8 Å². The lowest BCUT2D eigenvalue weighted by Crippen LogP contribution is -2.18. The molecule has 0 atom stereocenters. The minimum atomic E-state index is -0.520. The number of anilines is 2. The van der Waals surface area contributed by atoms with Gasteiger partial charge >= 0.3 is 0 Å². The number of benzene rings is 2. The molecule has 25 heavy (non-hydrogen) atoms. The van der Waals surface area contributed by atoms with Crippen LogP contribution in [0, 0.1) is 23.0 Å². The Labute approximate surface area is 145 Å². The summed E-state index contributed by atoms with van der Waals surface area (Å²) < 4.78 is 0. The fourth-order valence-corrected chi connectivity index (χ4v) is 2.23. The second kappa shape index (κ2) is 7.57. The second-order valence-electron chi connectivity index (χ2n) is 5.89. The molecule has 0 aliphatic heterocycles. The Balaban J connectivity index is 2.20. The van der Waals surface area contributed by atoms with Gasteiger partial charge in [0.15, 0.2) is 0 Å². The summed E-state index contributed by atoms with van der Waals surface area (Å²) in [6, 6.07) is 11.1. The van der Waals surface area contributed by atoms with Crippen LogP contribution in [0.3, 0.4) is 0 Å². The summed E-state index contributed by atoms with van der Waals surface area (Å²) in [6.45, 7) is 5.10. The first-order chi connectivity index (χ1) is 11.8. The Bertz CT molecular complexity index is 831. The average Bonchev–Trinajstić information content (AvgIpc) is 2.54. The van der Waals surface area contributed by atoms with Gasteiger partial charge in [0.2, 0.25) is 5.91 Å². The highest BCUT2D eigenvalue weighted by Crippen LogP contribution is 2.23. The van der Waals surface area contributed by atoms with E-state index in [4.69, 9.17) is 0 Å². The molecule has 2 N–H and O–H groups in total.